The second-order valence-corrected chi connectivity index (χ2v) is 5.95. The molecule has 3 nitrogen and oxygen atoms in total. The molecule has 0 radical (unpaired) electrons. The average molecular weight is 282 g/mol. The molecular weight excluding hydrogens is 260 g/mol. The molecule has 0 aliphatic heterocycles. The van der Waals surface area contributed by atoms with Crippen molar-refractivity contribution >= 4 is 12.0 Å². The number of carbonyl (C=O) groups is 1. The maximum atomic E-state index is 12.1. The summed E-state index contributed by atoms with van der Waals surface area (Å²) < 4.78 is 0. The number of nitriles is 1. The van der Waals surface area contributed by atoms with Crippen LogP contribution in [0.15, 0.2) is 29.8 Å². The number of rotatable bonds is 4. The third-order valence-electron chi connectivity index (χ3n) is 3.97. The van der Waals surface area contributed by atoms with Crippen LogP contribution < -0.4 is 5.32 Å². The SMILES string of the molecule is CC(C)c1ccc(/C=C(/C#N)C(=O)NC2CCCC2)cc1. The quantitative estimate of drug-likeness (QED) is 0.675. The highest BCUT2D eigenvalue weighted by atomic mass is 16.1. The molecule has 1 aliphatic rings. The molecule has 0 unspecified atom stereocenters. The van der Waals surface area contributed by atoms with Crippen LogP contribution in [0.25, 0.3) is 6.08 Å². The molecule has 1 aliphatic carbocycles. The van der Waals surface area contributed by atoms with Crippen LogP contribution in [-0.2, 0) is 4.79 Å². The molecule has 1 aromatic rings. The molecule has 2 rings (SSSR count). The molecule has 3 heteroatoms. The van der Waals surface area contributed by atoms with Crippen molar-refractivity contribution in [3.63, 3.8) is 0 Å². The normalized spacial score (nSPS) is 16.0. The largest absolute Gasteiger partial charge is 0.349 e. The highest BCUT2D eigenvalue weighted by Gasteiger charge is 2.19. The fourth-order valence-electron chi connectivity index (χ4n) is 2.63. The van der Waals surface area contributed by atoms with Crippen LogP contribution in [0.4, 0.5) is 0 Å². The summed E-state index contributed by atoms with van der Waals surface area (Å²) in [5, 5.41) is 12.1. The zero-order valence-electron chi connectivity index (χ0n) is 12.7. The minimum Gasteiger partial charge on any atom is -0.349 e. The Morgan fingerprint density at radius 1 is 1.29 bits per heavy atom. The molecule has 21 heavy (non-hydrogen) atoms. The van der Waals surface area contributed by atoms with Gasteiger partial charge in [0.15, 0.2) is 0 Å². The van der Waals surface area contributed by atoms with Gasteiger partial charge in [-0.1, -0.05) is 51.0 Å². The molecule has 1 N–H and O–H groups in total. The van der Waals surface area contributed by atoms with Crippen LogP contribution in [0.3, 0.4) is 0 Å². The van der Waals surface area contributed by atoms with E-state index in [9.17, 15) is 10.1 Å². The Morgan fingerprint density at radius 2 is 1.90 bits per heavy atom. The van der Waals surface area contributed by atoms with Gasteiger partial charge in [-0.3, -0.25) is 4.79 Å². The molecule has 0 heterocycles. The van der Waals surface area contributed by atoms with E-state index in [1.807, 2.05) is 30.3 Å². The van der Waals surface area contributed by atoms with Crippen molar-refractivity contribution in [1.29, 1.82) is 5.26 Å². The minimum atomic E-state index is -0.252. The van der Waals surface area contributed by atoms with Crippen LogP contribution in [0.2, 0.25) is 0 Å². The van der Waals surface area contributed by atoms with Crippen LogP contribution in [0.5, 0.6) is 0 Å². The van der Waals surface area contributed by atoms with E-state index >= 15 is 0 Å². The van der Waals surface area contributed by atoms with Gasteiger partial charge in [-0.15, -0.1) is 0 Å². The lowest BCUT2D eigenvalue weighted by Gasteiger charge is -2.11. The summed E-state index contributed by atoms with van der Waals surface area (Å²) in [6.07, 6.45) is 6.02. The minimum absolute atomic E-state index is 0.180. The van der Waals surface area contributed by atoms with Crippen LogP contribution >= 0.6 is 0 Å². The van der Waals surface area contributed by atoms with E-state index in [4.69, 9.17) is 0 Å². The van der Waals surface area contributed by atoms with E-state index in [2.05, 4.69) is 19.2 Å². The van der Waals surface area contributed by atoms with Crippen molar-refractivity contribution in [3.05, 3.63) is 41.0 Å². The van der Waals surface area contributed by atoms with Crippen molar-refractivity contribution in [2.45, 2.75) is 51.5 Å². The van der Waals surface area contributed by atoms with Gasteiger partial charge in [0.25, 0.3) is 5.91 Å². The third kappa shape index (κ3) is 4.19. The fourth-order valence-corrected chi connectivity index (χ4v) is 2.63. The molecule has 110 valence electrons. The first-order chi connectivity index (χ1) is 10.1. The molecule has 1 fully saturated rings. The molecule has 1 aromatic carbocycles. The van der Waals surface area contributed by atoms with Crippen LogP contribution in [0, 0.1) is 11.3 Å². The Labute approximate surface area is 126 Å². The maximum absolute atomic E-state index is 12.1. The first kappa shape index (κ1) is 15.3. The van der Waals surface area contributed by atoms with Crippen LogP contribution in [-0.4, -0.2) is 11.9 Å². The van der Waals surface area contributed by atoms with Gasteiger partial charge < -0.3 is 5.32 Å². The number of nitrogens with zero attached hydrogens (tertiary/aromatic N) is 1. The van der Waals surface area contributed by atoms with Gasteiger partial charge in [0.2, 0.25) is 0 Å². The van der Waals surface area contributed by atoms with Gasteiger partial charge in [-0.25, -0.2) is 0 Å². The predicted octanol–water partition coefficient (Wildman–Crippen LogP) is 3.78. The maximum Gasteiger partial charge on any atom is 0.262 e. The monoisotopic (exact) mass is 282 g/mol. The zero-order valence-corrected chi connectivity index (χ0v) is 12.7. The lowest BCUT2D eigenvalue weighted by molar-refractivity contribution is -0.117. The summed E-state index contributed by atoms with van der Waals surface area (Å²) in [7, 11) is 0. The Morgan fingerprint density at radius 3 is 2.43 bits per heavy atom. The van der Waals surface area contributed by atoms with Gasteiger partial charge in [0, 0.05) is 6.04 Å². The second kappa shape index (κ2) is 7.08. The van der Waals surface area contributed by atoms with E-state index in [0.717, 1.165) is 31.2 Å². The van der Waals surface area contributed by atoms with Gasteiger partial charge in [-0.05, 0) is 36.0 Å². The van der Waals surface area contributed by atoms with Crippen LogP contribution in [0.1, 0.15) is 56.6 Å². The smallest absolute Gasteiger partial charge is 0.262 e. The number of hydrogen-bond donors (Lipinski definition) is 1. The lowest BCUT2D eigenvalue weighted by atomic mass is 10.0. The van der Waals surface area contributed by atoms with Crippen molar-refractivity contribution in [3.8, 4) is 6.07 Å². The number of carbonyl (C=O) groups excluding carboxylic acids is 1. The molecule has 0 bridgehead atoms. The Hall–Kier alpha value is -2.08. The summed E-state index contributed by atoms with van der Waals surface area (Å²) in [4.78, 5) is 12.1. The molecule has 1 amide bonds. The molecule has 0 saturated heterocycles. The summed E-state index contributed by atoms with van der Waals surface area (Å²) >= 11 is 0. The topological polar surface area (TPSA) is 52.9 Å². The highest BCUT2D eigenvalue weighted by Crippen LogP contribution is 2.19. The molecule has 0 aromatic heterocycles. The van der Waals surface area contributed by atoms with E-state index in [1.165, 1.54) is 5.56 Å². The summed E-state index contributed by atoms with van der Waals surface area (Å²) in [5.41, 5.74) is 2.32. The standard InChI is InChI=1S/C18H22N2O/c1-13(2)15-9-7-14(8-10-15)11-16(12-19)18(21)20-17-5-3-4-6-17/h7-11,13,17H,3-6H2,1-2H3,(H,20,21)/b16-11-. The predicted molar refractivity (Wildman–Crippen MR) is 84.5 cm³/mol. The fraction of sp³-hybridized carbons (Fsp3) is 0.444. The van der Waals surface area contributed by atoms with E-state index in [1.54, 1.807) is 6.08 Å². The molecular formula is C18H22N2O. The van der Waals surface area contributed by atoms with Crippen molar-refractivity contribution in [1.82, 2.24) is 5.32 Å². The summed E-state index contributed by atoms with van der Waals surface area (Å²) in [6, 6.07) is 10.2. The lowest BCUT2D eigenvalue weighted by Crippen LogP contribution is -2.33. The van der Waals surface area contributed by atoms with E-state index < -0.39 is 0 Å². The van der Waals surface area contributed by atoms with Crippen molar-refractivity contribution < 1.29 is 4.79 Å². The summed E-state index contributed by atoms with van der Waals surface area (Å²) in [6.45, 7) is 4.28. The number of nitrogens with one attached hydrogen (secondary N) is 1. The molecule has 0 spiro atoms. The van der Waals surface area contributed by atoms with Gasteiger partial charge in [0.1, 0.15) is 11.6 Å². The van der Waals surface area contributed by atoms with E-state index in [-0.39, 0.29) is 17.5 Å². The number of hydrogen-bond acceptors (Lipinski definition) is 2. The van der Waals surface area contributed by atoms with Crippen molar-refractivity contribution in [2.75, 3.05) is 0 Å². The van der Waals surface area contributed by atoms with Crippen molar-refractivity contribution in [2.24, 2.45) is 0 Å². The number of amides is 1. The zero-order chi connectivity index (χ0) is 15.2. The van der Waals surface area contributed by atoms with Gasteiger partial charge >= 0.3 is 0 Å². The molecule has 1 saturated carbocycles. The Bertz CT molecular complexity index is 558. The summed E-state index contributed by atoms with van der Waals surface area (Å²) in [5.74, 6) is 0.224. The van der Waals surface area contributed by atoms with Gasteiger partial charge in [-0.2, -0.15) is 5.26 Å². The Balaban J connectivity index is 2.08. The average Bonchev–Trinajstić information content (AvgIpc) is 2.98. The number of benzene rings is 1. The highest BCUT2D eigenvalue weighted by molar-refractivity contribution is 6.01. The first-order valence-corrected chi connectivity index (χ1v) is 7.62. The first-order valence-electron chi connectivity index (χ1n) is 7.62. The molecule has 0 atom stereocenters. The third-order valence-corrected chi connectivity index (χ3v) is 3.97. The second-order valence-electron chi connectivity index (χ2n) is 5.95. The Kier molecular flexibility index (Phi) is 5.16. The van der Waals surface area contributed by atoms with Gasteiger partial charge in [0.05, 0.1) is 0 Å². The van der Waals surface area contributed by atoms with E-state index in [0.29, 0.717) is 5.92 Å².